The van der Waals surface area contributed by atoms with Gasteiger partial charge in [0.15, 0.2) is 0 Å². The zero-order chi connectivity index (χ0) is 23.8. The third kappa shape index (κ3) is 4.40. The Labute approximate surface area is 184 Å². The molecule has 1 saturated heterocycles. The van der Waals surface area contributed by atoms with E-state index in [0.29, 0.717) is 5.56 Å². The van der Waals surface area contributed by atoms with Gasteiger partial charge in [0.2, 0.25) is 0 Å². The molecular formula is C23H14F4N2O4. The molecular weight excluding hydrogens is 444 g/mol. The standard InChI is InChI=1S/C23H14F4N2O4/c24-15-8-6-13(7-9-15)20(30)18-19(14-3-2-10-28-12-14)29(22(32)21(18)31)16-4-1-5-17(11-16)33-23(25,26)27/h1-12,19,30H/b20-18+. The normalized spacial score (nSPS) is 17.9. The number of anilines is 1. The molecule has 1 atom stereocenters. The monoisotopic (exact) mass is 458 g/mol. The first-order valence-corrected chi connectivity index (χ1v) is 9.48. The van der Waals surface area contributed by atoms with Gasteiger partial charge in [-0.15, -0.1) is 13.2 Å². The van der Waals surface area contributed by atoms with Crippen molar-refractivity contribution in [3.63, 3.8) is 0 Å². The number of amides is 1. The number of carbonyl (C=O) groups is 2. The predicted octanol–water partition coefficient (Wildman–Crippen LogP) is 4.75. The van der Waals surface area contributed by atoms with Gasteiger partial charge in [-0.25, -0.2) is 4.39 Å². The molecule has 4 rings (SSSR count). The number of hydrogen-bond acceptors (Lipinski definition) is 5. The van der Waals surface area contributed by atoms with E-state index in [1.165, 1.54) is 42.7 Å². The summed E-state index contributed by atoms with van der Waals surface area (Å²) in [6.45, 7) is 0. The fraction of sp³-hybridized carbons (Fsp3) is 0.0870. The molecule has 6 nitrogen and oxygen atoms in total. The maximum atomic E-state index is 13.3. The van der Waals surface area contributed by atoms with Gasteiger partial charge in [0.25, 0.3) is 11.7 Å². The number of aromatic nitrogens is 1. The number of aliphatic hydroxyl groups is 1. The van der Waals surface area contributed by atoms with E-state index in [4.69, 9.17) is 0 Å². The average Bonchev–Trinajstić information content (AvgIpc) is 3.04. The summed E-state index contributed by atoms with van der Waals surface area (Å²) in [5.74, 6) is -3.86. The van der Waals surface area contributed by atoms with E-state index < -0.39 is 41.4 Å². The van der Waals surface area contributed by atoms with E-state index >= 15 is 0 Å². The molecule has 1 aromatic heterocycles. The van der Waals surface area contributed by atoms with Crippen LogP contribution in [0.2, 0.25) is 0 Å². The first-order chi connectivity index (χ1) is 15.7. The molecule has 1 aliphatic rings. The number of ether oxygens (including phenoxy) is 1. The van der Waals surface area contributed by atoms with Crippen LogP contribution in [0, 0.1) is 5.82 Å². The Morgan fingerprint density at radius 3 is 2.39 bits per heavy atom. The van der Waals surface area contributed by atoms with Crippen LogP contribution >= 0.6 is 0 Å². The van der Waals surface area contributed by atoms with Crippen molar-refractivity contribution in [2.24, 2.45) is 0 Å². The minimum Gasteiger partial charge on any atom is -0.507 e. The molecule has 1 N–H and O–H groups in total. The quantitative estimate of drug-likeness (QED) is 0.264. The summed E-state index contributed by atoms with van der Waals surface area (Å²) in [5.41, 5.74) is 0.0209. The lowest BCUT2D eigenvalue weighted by atomic mass is 9.96. The largest absolute Gasteiger partial charge is 0.573 e. The first-order valence-electron chi connectivity index (χ1n) is 9.48. The number of rotatable bonds is 4. The van der Waals surface area contributed by atoms with Gasteiger partial charge >= 0.3 is 6.36 Å². The van der Waals surface area contributed by atoms with Gasteiger partial charge in [0, 0.05) is 29.7 Å². The molecule has 0 radical (unpaired) electrons. The van der Waals surface area contributed by atoms with Crippen LogP contribution in [-0.4, -0.2) is 28.1 Å². The maximum absolute atomic E-state index is 13.3. The van der Waals surface area contributed by atoms with E-state index in [0.717, 1.165) is 29.2 Å². The number of alkyl halides is 3. The lowest BCUT2D eigenvalue weighted by Crippen LogP contribution is -2.29. The van der Waals surface area contributed by atoms with E-state index in [2.05, 4.69) is 9.72 Å². The lowest BCUT2D eigenvalue weighted by Gasteiger charge is -2.25. The molecule has 2 aromatic carbocycles. The summed E-state index contributed by atoms with van der Waals surface area (Å²) in [6, 6.07) is 11.1. The van der Waals surface area contributed by atoms with Crippen LogP contribution < -0.4 is 9.64 Å². The highest BCUT2D eigenvalue weighted by Gasteiger charge is 2.47. The second kappa shape index (κ2) is 8.38. The average molecular weight is 458 g/mol. The third-order valence-corrected chi connectivity index (χ3v) is 4.89. The number of nitrogens with zero attached hydrogens (tertiary/aromatic N) is 2. The molecule has 2 heterocycles. The van der Waals surface area contributed by atoms with Crippen molar-refractivity contribution in [1.82, 2.24) is 4.98 Å². The van der Waals surface area contributed by atoms with Crippen molar-refractivity contribution in [3.05, 3.63) is 95.6 Å². The van der Waals surface area contributed by atoms with Crippen molar-refractivity contribution in [2.75, 3.05) is 4.90 Å². The van der Waals surface area contributed by atoms with Gasteiger partial charge in [-0.2, -0.15) is 0 Å². The molecule has 1 fully saturated rings. The van der Waals surface area contributed by atoms with Gasteiger partial charge in [0.05, 0.1) is 11.6 Å². The zero-order valence-electron chi connectivity index (χ0n) is 16.6. The van der Waals surface area contributed by atoms with Crippen LogP contribution in [0.4, 0.5) is 23.2 Å². The Morgan fingerprint density at radius 1 is 1.03 bits per heavy atom. The molecule has 3 aromatic rings. The predicted molar refractivity (Wildman–Crippen MR) is 109 cm³/mol. The van der Waals surface area contributed by atoms with Gasteiger partial charge in [-0.3, -0.25) is 19.5 Å². The van der Waals surface area contributed by atoms with E-state index in [9.17, 15) is 32.3 Å². The number of pyridine rings is 1. The Balaban J connectivity index is 1.88. The Morgan fingerprint density at radius 2 is 1.76 bits per heavy atom. The zero-order valence-corrected chi connectivity index (χ0v) is 16.6. The second-order valence-electron chi connectivity index (χ2n) is 7.01. The molecule has 0 bridgehead atoms. The summed E-state index contributed by atoms with van der Waals surface area (Å²) in [5, 5.41) is 10.9. The van der Waals surface area contributed by atoms with Crippen molar-refractivity contribution in [1.29, 1.82) is 0 Å². The van der Waals surface area contributed by atoms with E-state index in [1.807, 2.05) is 0 Å². The maximum Gasteiger partial charge on any atom is 0.573 e. The SMILES string of the molecule is O=C1C(=O)N(c2cccc(OC(F)(F)F)c2)C(c2cccnc2)/C1=C(\O)c1ccc(F)cc1. The molecule has 1 unspecified atom stereocenters. The highest BCUT2D eigenvalue weighted by molar-refractivity contribution is 6.51. The number of benzene rings is 2. The van der Waals surface area contributed by atoms with Gasteiger partial charge in [0.1, 0.15) is 17.3 Å². The molecule has 0 spiro atoms. The van der Waals surface area contributed by atoms with Gasteiger partial charge in [-0.05, 0) is 48.0 Å². The summed E-state index contributed by atoms with van der Waals surface area (Å²) in [6.07, 6.45) is -2.15. The van der Waals surface area contributed by atoms with Crippen LogP contribution in [0.15, 0.2) is 78.6 Å². The fourth-order valence-corrected chi connectivity index (χ4v) is 3.55. The number of ketones is 1. The molecule has 168 valence electrons. The second-order valence-corrected chi connectivity index (χ2v) is 7.01. The van der Waals surface area contributed by atoms with Crippen molar-refractivity contribution >= 4 is 23.1 Å². The molecule has 33 heavy (non-hydrogen) atoms. The van der Waals surface area contributed by atoms with Gasteiger partial charge in [-0.1, -0.05) is 12.1 Å². The summed E-state index contributed by atoms with van der Waals surface area (Å²) < 4.78 is 55.3. The summed E-state index contributed by atoms with van der Waals surface area (Å²) in [4.78, 5) is 30.9. The van der Waals surface area contributed by atoms with E-state index in [-0.39, 0.29) is 16.8 Å². The van der Waals surface area contributed by atoms with Crippen LogP contribution in [0.3, 0.4) is 0 Å². The topological polar surface area (TPSA) is 79.7 Å². The van der Waals surface area contributed by atoms with Crippen LogP contribution in [-0.2, 0) is 9.59 Å². The molecule has 0 saturated carbocycles. The number of hydrogen-bond donors (Lipinski definition) is 1. The van der Waals surface area contributed by atoms with Crippen molar-refractivity contribution < 1.29 is 37.0 Å². The molecule has 1 aliphatic heterocycles. The lowest BCUT2D eigenvalue weighted by molar-refractivity contribution is -0.274. The Bertz CT molecular complexity index is 1240. The molecule has 1 amide bonds. The fourth-order valence-electron chi connectivity index (χ4n) is 3.55. The Hall–Kier alpha value is -4.21. The minimum absolute atomic E-state index is 0.0640. The Kier molecular flexibility index (Phi) is 5.59. The molecule has 0 aliphatic carbocycles. The van der Waals surface area contributed by atoms with Gasteiger partial charge < -0.3 is 9.84 Å². The first kappa shape index (κ1) is 22.0. The van der Waals surface area contributed by atoms with Crippen LogP contribution in [0.1, 0.15) is 17.2 Å². The smallest absolute Gasteiger partial charge is 0.507 e. The summed E-state index contributed by atoms with van der Waals surface area (Å²) in [7, 11) is 0. The van der Waals surface area contributed by atoms with Crippen LogP contribution in [0.25, 0.3) is 5.76 Å². The van der Waals surface area contributed by atoms with Crippen molar-refractivity contribution in [2.45, 2.75) is 12.4 Å². The number of halogens is 4. The third-order valence-electron chi connectivity index (χ3n) is 4.89. The minimum atomic E-state index is -4.96. The summed E-state index contributed by atoms with van der Waals surface area (Å²) >= 11 is 0. The number of Topliss-reactive ketones (excluding diaryl/α,β-unsaturated/α-hetero) is 1. The number of aliphatic hydroxyl groups excluding tert-OH is 1. The van der Waals surface area contributed by atoms with Crippen LogP contribution in [0.5, 0.6) is 5.75 Å². The number of carbonyl (C=O) groups excluding carboxylic acids is 2. The molecule has 10 heteroatoms. The van der Waals surface area contributed by atoms with E-state index in [1.54, 1.807) is 6.07 Å². The highest BCUT2D eigenvalue weighted by atomic mass is 19.4. The highest BCUT2D eigenvalue weighted by Crippen LogP contribution is 2.42. The van der Waals surface area contributed by atoms with Crippen molar-refractivity contribution in [3.8, 4) is 5.75 Å².